The van der Waals surface area contributed by atoms with E-state index in [1.807, 2.05) is 13.8 Å². The summed E-state index contributed by atoms with van der Waals surface area (Å²) in [4.78, 5) is 0. The third-order valence-electron chi connectivity index (χ3n) is 2.08. The molecule has 3 atom stereocenters. The Balaban J connectivity index is 2.09. The third-order valence-corrected chi connectivity index (χ3v) is 5.62. The van der Waals surface area contributed by atoms with Crippen molar-refractivity contribution < 1.29 is 30.7 Å². The Bertz CT molecular complexity index is 186. The second-order valence-electron chi connectivity index (χ2n) is 3.60. The molecule has 0 aromatic rings. The first kappa shape index (κ1) is 9.49. The van der Waals surface area contributed by atoms with Gasteiger partial charge in [-0.15, -0.1) is 0 Å². The molecule has 2 rings (SSSR count). The van der Waals surface area contributed by atoms with Crippen LogP contribution in [0.2, 0.25) is 0 Å². The van der Waals surface area contributed by atoms with E-state index in [-0.39, 0.29) is 32.7 Å². The number of fused-ring (bicyclic) bond motifs is 1. The summed E-state index contributed by atoms with van der Waals surface area (Å²) >= 11 is 6.31. The van der Waals surface area contributed by atoms with Gasteiger partial charge in [-0.05, 0) is 0 Å². The summed E-state index contributed by atoms with van der Waals surface area (Å²) in [6.07, 6.45) is 1.28. The zero-order valence-corrected chi connectivity index (χ0v) is 10.1. The molecule has 0 aliphatic carbocycles. The Kier molecular flexibility index (Phi) is 2.58. The first-order valence-electron chi connectivity index (χ1n) is 4.16. The van der Waals surface area contributed by atoms with E-state index in [2.05, 4.69) is 0 Å². The van der Waals surface area contributed by atoms with Gasteiger partial charge in [0, 0.05) is 0 Å². The van der Waals surface area contributed by atoms with E-state index in [1.54, 1.807) is 0 Å². The zero-order chi connectivity index (χ0) is 8.77. The monoisotopic (exact) mass is 303 g/mol. The van der Waals surface area contributed by atoms with E-state index in [9.17, 15) is 0 Å². The van der Waals surface area contributed by atoms with Gasteiger partial charge in [0.25, 0.3) is 0 Å². The van der Waals surface area contributed by atoms with Gasteiger partial charge in [0.1, 0.15) is 0 Å². The van der Waals surface area contributed by atoms with Gasteiger partial charge in [-0.3, -0.25) is 0 Å². The van der Waals surface area contributed by atoms with Gasteiger partial charge in [-0.25, -0.2) is 0 Å². The van der Waals surface area contributed by atoms with Crippen molar-refractivity contribution in [1.82, 2.24) is 0 Å². The molecule has 4 heteroatoms. The van der Waals surface area contributed by atoms with Crippen LogP contribution in [0.25, 0.3) is 0 Å². The van der Waals surface area contributed by atoms with Crippen LogP contribution >= 0.6 is 11.6 Å². The van der Waals surface area contributed by atoms with Crippen molar-refractivity contribution in [3.63, 3.8) is 0 Å². The van der Waals surface area contributed by atoms with Gasteiger partial charge in [0.2, 0.25) is 0 Å². The van der Waals surface area contributed by atoms with Gasteiger partial charge in [0.15, 0.2) is 0 Å². The van der Waals surface area contributed by atoms with Crippen molar-refractivity contribution in [1.29, 1.82) is 0 Å². The van der Waals surface area contributed by atoms with Crippen molar-refractivity contribution in [3.05, 3.63) is 0 Å². The molecule has 72 valence electrons. The first-order valence-corrected chi connectivity index (χ1v) is 7.37. The summed E-state index contributed by atoms with van der Waals surface area (Å²) in [5, 5.41) is 0.172. The van der Waals surface area contributed by atoms with E-state index in [0.717, 1.165) is 6.42 Å². The SMILES string of the molecule is CC1(C)O[C@@H]2[C@H](Cl)CC[I-][C@@H]2O1. The van der Waals surface area contributed by atoms with Crippen molar-refractivity contribution in [2.75, 3.05) is 4.43 Å². The molecule has 12 heavy (non-hydrogen) atoms. The number of hydrogen-bond donors (Lipinski definition) is 0. The molecule has 0 radical (unpaired) electrons. The Hall–Kier alpha value is 0.940. The van der Waals surface area contributed by atoms with E-state index in [0.29, 0.717) is 4.11 Å². The van der Waals surface area contributed by atoms with Crippen molar-refractivity contribution in [3.8, 4) is 0 Å². The van der Waals surface area contributed by atoms with E-state index >= 15 is 0 Å². The zero-order valence-electron chi connectivity index (χ0n) is 7.22. The number of halogens is 2. The fourth-order valence-corrected chi connectivity index (χ4v) is 6.04. The fraction of sp³-hybridized carbons (Fsp3) is 1.00. The molecule has 0 aromatic heterocycles. The van der Waals surface area contributed by atoms with Crippen LogP contribution in [0.3, 0.4) is 0 Å². The molecule has 0 spiro atoms. The van der Waals surface area contributed by atoms with Crippen LogP contribution in [0.5, 0.6) is 0 Å². The average molecular weight is 304 g/mol. The molecule has 0 unspecified atom stereocenters. The molecule has 0 amide bonds. The van der Waals surface area contributed by atoms with Crippen LogP contribution in [0.15, 0.2) is 0 Å². The Morgan fingerprint density at radius 2 is 2.17 bits per heavy atom. The molecular formula is C8H13ClIO2-. The second-order valence-corrected chi connectivity index (χ2v) is 7.35. The average Bonchev–Trinajstić information content (AvgIpc) is 2.25. The molecule has 2 saturated heterocycles. The molecule has 0 N–H and O–H groups in total. The standard InChI is InChI=1S/C8H13ClIO2/c1-8(2)11-6-5(9)3-4-10-7(6)12-8/h5-7H,3-4H2,1-2H3/q-1/t5-,6-,7-/m1/s1. The Morgan fingerprint density at radius 1 is 1.42 bits per heavy atom. The molecule has 2 heterocycles. The van der Waals surface area contributed by atoms with Crippen LogP contribution in [0.1, 0.15) is 20.3 Å². The van der Waals surface area contributed by atoms with E-state index in [1.165, 1.54) is 4.43 Å². The topological polar surface area (TPSA) is 18.5 Å². The first-order chi connectivity index (χ1) is 5.58. The Labute approximate surface area is 88.2 Å². The van der Waals surface area contributed by atoms with Gasteiger partial charge < -0.3 is 0 Å². The summed E-state index contributed by atoms with van der Waals surface area (Å²) < 4.78 is 13.1. The quantitative estimate of drug-likeness (QED) is 0.403. The predicted octanol–water partition coefficient (Wildman–Crippen LogP) is -1.44. The van der Waals surface area contributed by atoms with E-state index < -0.39 is 5.79 Å². The summed E-state index contributed by atoms with van der Waals surface area (Å²) in [5.74, 6) is -0.396. The predicted molar refractivity (Wildman–Crippen MR) is 43.0 cm³/mol. The third kappa shape index (κ3) is 1.74. The number of hydrogen-bond acceptors (Lipinski definition) is 2. The van der Waals surface area contributed by atoms with Crippen molar-refractivity contribution in [2.24, 2.45) is 0 Å². The second kappa shape index (κ2) is 3.26. The van der Waals surface area contributed by atoms with Crippen molar-refractivity contribution in [2.45, 2.75) is 41.6 Å². The number of rotatable bonds is 0. The molecule has 2 aliphatic heterocycles. The van der Waals surface area contributed by atoms with Crippen LogP contribution in [-0.4, -0.2) is 25.8 Å². The molecule has 0 aromatic carbocycles. The minimum atomic E-state index is -0.396. The van der Waals surface area contributed by atoms with Crippen LogP contribution in [0, 0.1) is 0 Å². The fourth-order valence-electron chi connectivity index (χ4n) is 1.54. The molecular weight excluding hydrogens is 290 g/mol. The Morgan fingerprint density at radius 3 is 2.83 bits per heavy atom. The van der Waals surface area contributed by atoms with Crippen molar-refractivity contribution >= 4 is 11.6 Å². The molecule has 2 nitrogen and oxygen atoms in total. The van der Waals surface area contributed by atoms with Gasteiger partial charge >= 0.3 is 88.4 Å². The van der Waals surface area contributed by atoms with Crippen LogP contribution in [-0.2, 0) is 9.47 Å². The summed E-state index contributed by atoms with van der Waals surface area (Å²) in [5.41, 5.74) is 0. The maximum absolute atomic E-state index is 6.16. The molecule has 2 fully saturated rings. The van der Waals surface area contributed by atoms with Gasteiger partial charge in [-0.2, -0.15) is 0 Å². The van der Waals surface area contributed by atoms with Gasteiger partial charge in [0.05, 0.1) is 0 Å². The molecule has 2 aliphatic rings. The summed E-state index contributed by atoms with van der Waals surface area (Å²) in [7, 11) is 0. The number of alkyl halides is 3. The molecule has 0 saturated carbocycles. The maximum atomic E-state index is 6.16. The van der Waals surface area contributed by atoms with Crippen LogP contribution < -0.4 is 21.2 Å². The summed E-state index contributed by atoms with van der Waals surface area (Å²) in [6.45, 7) is 3.94. The molecule has 0 bridgehead atoms. The van der Waals surface area contributed by atoms with Crippen LogP contribution in [0.4, 0.5) is 0 Å². The normalized spacial score (nSPS) is 46.4. The summed E-state index contributed by atoms with van der Waals surface area (Å²) in [6, 6.07) is 0. The van der Waals surface area contributed by atoms with E-state index in [4.69, 9.17) is 21.1 Å². The minimum absolute atomic E-state index is 0.153. The van der Waals surface area contributed by atoms with Gasteiger partial charge in [-0.1, -0.05) is 0 Å². The number of ether oxygens (including phenoxy) is 2.